The van der Waals surface area contributed by atoms with Crippen LogP contribution in [0.5, 0.6) is 0 Å². The monoisotopic (exact) mass is 225 g/mol. The third-order valence-electron chi connectivity index (χ3n) is 3.32. The van der Waals surface area contributed by atoms with Gasteiger partial charge >= 0.3 is 0 Å². The van der Waals surface area contributed by atoms with E-state index >= 15 is 0 Å². The van der Waals surface area contributed by atoms with E-state index in [0.29, 0.717) is 0 Å². The van der Waals surface area contributed by atoms with Crippen LogP contribution >= 0.6 is 0 Å². The van der Waals surface area contributed by atoms with Gasteiger partial charge in [0.1, 0.15) is 0 Å². The predicted octanol–water partition coefficient (Wildman–Crippen LogP) is 3.35. The topological polar surface area (TPSA) is 25.2 Å². The maximum absolute atomic E-state index is 9.40. The maximum atomic E-state index is 9.40. The highest BCUT2D eigenvalue weighted by Gasteiger charge is 2.13. The van der Waals surface area contributed by atoms with Crippen molar-refractivity contribution >= 4 is 21.8 Å². The third-order valence-corrected chi connectivity index (χ3v) is 3.32. The van der Waals surface area contributed by atoms with Crippen LogP contribution in [0.1, 0.15) is 13.0 Å². The highest BCUT2D eigenvalue weighted by Crippen LogP contribution is 2.31. The smallest absolute Gasteiger partial charge is 0.0636 e. The van der Waals surface area contributed by atoms with Crippen molar-refractivity contribution in [3.63, 3.8) is 0 Å². The Morgan fingerprint density at radius 1 is 0.941 bits per heavy atom. The summed E-state index contributed by atoms with van der Waals surface area (Å²) in [5.74, 6) is 0. The van der Waals surface area contributed by atoms with Gasteiger partial charge in [0.15, 0.2) is 0 Å². The van der Waals surface area contributed by atoms with E-state index in [1.807, 2.05) is 19.1 Å². The van der Waals surface area contributed by atoms with Gasteiger partial charge in [0, 0.05) is 21.8 Å². The Morgan fingerprint density at radius 3 is 1.88 bits per heavy atom. The number of hydrogen-bond acceptors (Lipinski definition) is 1. The van der Waals surface area contributed by atoms with Gasteiger partial charge in [-0.15, -0.1) is 0 Å². The molecule has 1 N–H and O–H groups in total. The second kappa shape index (κ2) is 3.90. The number of aromatic nitrogens is 1. The number of para-hydroxylation sites is 2. The quantitative estimate of drug-likeness (QED) is 0.711. The lowest BCUT2D eigenvalue weighted by Crippen LogP contribution is -2.08. The van der Waals surface area contributed by atoms with Gasteiger partial charge in [-0.1, -0.05) is 36.4 Å². The first-order chi connectivity index (χ1) is 8.33. The summed E-state index contributed by atoms with van der Waals surface area (Å²) in [5, 5.41) is 11.9. The first-order valence-electron chi connectivity index (χ1n) is 5.91. The maximum Gasteiger partial charge on any atom is 0.0636 e. The van der Waals surface area contributed by atoms with E-state index in [0.717, 1.165) is 0 Å². The van der Waals surface area contributed by atoms with Crippen molar-refractivity contribution in [3.05, 3.63) is 48.5 Å². The molecule has 17 heavy (non-hydrogen) atoms. The molecule has 1 heterocycles. The minimum absolute atomic E-state index is 0.0970. The van der Waals surface area contributed by atoms with Gasteiger partial charge < -0.3 is 9.67 Å². The third kappa shape index (κ3) is 1.45. The molecule has 86 valence electrons. The molecule has 1 aromatic heterocycles. The zero-order valence-electron chi connectivity index (χ0n) is 9.80. The van der Waals surface area contributed by atoms with Crippen molar-refractivity contribution in [3.8, 4) is 0 Å². The van der Waals surface area contributed by atoms with E-state index in [1.54, 1.807) is 0 Å². The zero-order valence-corrected chi connectivity index (χ0v) is 9.80. The number of benzene rings is 2. The molecule has 2 aromatic carbocycles. The number of aliphatic hydroxyl groups is 1. The molecule has 0 spiro atoms. The Kier molecular flexibility index (Phi) is 2.37. The second-order valence-corrected chi connectivity index (χ2v) is 4.44. The summed E-state index contributed by atoms with van der Waals surface area (Å²) >= 11 is 0. The van der Waals surface area contributed by atoms with E-state index in [1.165, 1.54) is 21.8 Å². The zero-order chi connectivity index (χ0) is 11.8. The first-order valence-corrected chi connectivity index (χ1v) is 5.91. The van der Waals surface area contributed by atoms with Gasteiger partial charge in [-0.25, -0.2) is 0 Å². The molecular weight excluding hydrogens is 210 g/mol. The number of aliphatic hydroxyl groups excluding tert-OH is 1. The van der Waals surface area contributed by atoms with Crippen LogP contribution in [-0.2, 0) is 0 Å². The molecule has 3 aromatic rings. The minimum Gasteiger partial charge on any atom is -0.394 e. The molecule has 0 aliphatic rings. The Morgan fingerprint density at radius 2 is 1.41 bits per heavy atom. The van der Waals surface area contributed by atoms with Gasteiger partial charge in [-0.05, 0) is 19.1 Å². The fourth-order valence-electron chi connectivity index (χ4n) is 2.51. The minimum atomic E-state index is 0.0970. The Hall–Kier alpha value is -1.80. The number of nitrogens with zero attached hydrogens (tertiary/aromatic N) is 1. The van der Waals surface area contributed by atoms with Crippen molar-refractivity contribution in [1.82, 2.24) is 4.57 Å². The van der Waals surface area contributed by atoms with Crippen molar-refractivity contribution in [2.45, 2.75) is 13.0 Å². The summed E-state index contributed by atoms with van der Waals surface area (Å²) in [6.07, 6.45) is 0. The van der Waals surface area contributed by atoms with Gasteiger partial charge in [-0.2, -0.15) is 0 Å². The number of rotatable bonds is 2. The number of fused-ring (bicyclic) bond motifs is 3. The highest BCUT2D eigenvalue weighted by atomic mass is 16.3. The van der Waals surface area contributed by atoms with Crippen LogP contribution in [-0.4, -0.2) is 16.3 Å². The largest absolute Gasteiger partial charge is 0.394 e. The summed E-state index contributed by atoms with van der Waals surface area (Å²) in [4.78, 5) is 0. The molecule has 0 saturated carbocycles. The normalized spacial score (nSPS) is 13.3. The lowest BCUT2D eigenvalue weighted by Gasteiger charge is -2.13. The van der Waals surface area contributed by atoms with Crippen LogP contribution in [0.4, 0.5) is 0 Å². The SMILES string of the molecule is CC(CO)n1c2ccccc2c2ccccc21. The molecule has 0 fully saturated rings. The Balaban J connectivity index is 2.50. The van der Waals surface area contributed by atoms with Gasteiger partial charge in [0.05, 0.1) is 12.6 Å². The molecule has 0 bridgehead atoms. The summed E-state index contributed by atoms with van der Waals surface area (Å²) in [6.45, 7) is 2.20. The Bertz CT molecular complexity index is 616. The predicted molar refractivity (Wildman–Crippen MR) is 71.2 cm³/mol. The van der Waals surface area contributed by atoms with Crippen LogP contribution in [0.2, 0.25) is 0 Å². The average Bonchev–Trinajstić information content (AvgIpc) is 2.72. The summed E-state index contributed by atoms with van der Waals surface area (Å²) in [5.41, 5.74) is 2.38. The fraction of sp³-hybridized carbons (Fsp3) is 0.200. The van der Waals surface area contributed by atoms with E-state index in [9.17, 15) is 5.11 Å². The van der Waals surface area contributed by atoms with Crippen LogP contribution in [0, 0.1) is 0 Å². The van der Waals surface area contributed by atoms with Crippen LogP contribution in [0.25, 0.3) is 21.8 Å². The lowest BCUT2D eigenvalue weighted by atomic mass is 10.2. The summed E-state index contributed by atoms with van der Waals surface area (Å²) in [6, 6.07) is 16.8. The van der Waals surface area contributed by atoms with Gasteiger partial charge in [0.2, 0.25) is 0 Å². The first kappa shape index (κ1) is 10.4. The molecular formula is C15H15NO. The van der Waals surface area contributed by atoms with Crippen molar-refractivity contribution < 1.29 is 5.11 Å². The average molecular weight is 225 g/mol. The van der Waals surface area contributed by atoms with Crippen molar-refractivity contribution in [2.24, 2.45) is 0 Å². The van der Waals surface area contributed by atoms with Crippen LogP contribution < -0.4 is 0 Å². The van der Waals surface area contributed by atoms with E-state index in [4.69, 9.17) is 0 Å². The highest BCUT2D eigenvalue weighted by molar-refractivity contribution is 6.08. The molecule has 0 radical (unpaired) electrons. The van der Waals surface area contributed by atoms with E-state index < -0.39 is 0 Å². The standard InChI is InChI=1S/C15H15NO/c1-11(10-17)16-14-8-4-2-6-12(14)13-7-3-5-9-15(13)16/h2-9,11,17H,10H2,1H3. The molecule has 0 aliphatic heterocycles. The van der Waals surface area contributed by atoms with Crippen LogP contribution in [0.15, 0.2) is 48.5 Å². The van der Waals surface area contributed by atoms with Gasteiger partial charge in [-0.3, -0.25) is 0 Å². The molecule has 0 saturated heterocycles. The van der Waals surface area contributed by atoms with Crippen molar-refractivity contribution in [1.29, 1.82) is 0 Å². The molecule has 3 rings (SSSR count). The molecule has 1 unspecified atom stereocenters. The fourth-order valence-corrected chi connectivity index (χ4v) is 2.51. The molecule has 0 amide bonds. The Labute approximate surface area is 100 Å². The second-order valence-electron chi connectivity index (χ2n) is 4.44. The molecule has 2 heteroatoms. The molecule has 0 aliphatic carbocycles. The summed E-state index contributed by atoms with van der Waals surface area (Å²) in [7, 11) is 0. The van der Waals surface area contributed by atoms with Crippen LogP contribution in [0.3, 0.4) is 0 Å². The summed E-state index contributed by atoms with van der Waals surface area (Å²) < 4.78 is 2.21. The van der Waals surface area contributed by atoms with Gasteiger partial charge in [0.25, 0.3) is 0 Å². The lowest BCUT2D eigenvalue weighted by molar-refractivity contribution is 0.244. The number of hydrogen-bond donors (Lipinski definition) is 1. The van der Waals surface area contributed by atoms with E-state index in [2.05, 4.69) is 41.0 Å². The molecule has 2 nitrogen and oxygen atoms in total. The van der Waals surface area contributed by atoms with E-state index in [-0.39, 0.29) is 12.6 Å². The van der Waals surface area contributed by atoms with Crippen molar-refractivity contribution in [2.75, 3.05) is 6.61 Å². The molecule has 1 atom stereocenters.